The predicted molar refractivity (Wildman–Crippen MR) is 129 cm³/mol. The lowest BCUT2D eigenvalue weighted by Gasteiger charge is -2.23. The Morgan fingerprint density at radius 3 is 2.10 bits per heavy atom. The lowest BCUT2D eigenvalue weighted by atomic mass is 10.1. The molecule has 29 heavy (non-hydrogen) atoms. The highest BCUT2D eigenvalue weighted by Gasteiger charge is 2.25. The first kappa shape index (κ1) is 26.7. The average Bonchev–Trinajstić information content (AvgIpc) is 2.67. The Morgan fingerprint density at radius 1 is 1.03 bits per heavy atom. The van der Waals surface area contributed by atoms with Gasteiger partial charge in [0.25, 0.3) is 5.91 Å². The van der Waals surface area contributed by atoms with Crippen LogP contribution in [0.25, 0.3) is 0 Å². The molecule has 2 amide bonds. The molecule has 0 aliphatic heterocycles. The van der Waals surface area contributed by atoms with E-state index in [0.29, 0.717) is 7.14 Å². The highest BCUT2D eigenvalue weighted by molar-refractivity contribution is 14.1. The van der Waals surface area contributed by atoms with E-state index >= 15 is 0 Å². The molecule has 0 saturated heterocycles. The third-order valence-corrected chi connectivity index (χ3v) is 6.66. The third kappa shape index (κ3) is 7.39. The van der Waals surface area contributed by atoms with Crippen LogP contribution in [0.5, 0.6) is 0 Å². The lowest BCUT2D eigenvalue weighted by molar-refractivity contribution is -0.213. The summed E-state index contributed by atoms with van der Waals surface area (Å²) in [5.41, 5.74) is 0.420. The minimum Gasteiger partial charge on any atom is -0.858 e. The van der Waals surface area contributed by atoms with Gasteiger partial charge in [-0.25, -0.2) is 0 Å². The average molecular weight is 746 g/mol. The number of rotatable bonds is 9. The van der Waals surface area contributed by atoms with Crippen LogP contribution in [0.3, 0.4) is 0 Å². The van der Waals surface area contributed by atoms with Crippen molar-refractivity contribution in [3.8, 4) is 0 Å². The van der Waals surface area contributed by atoms with E-state index in [1.165, 1.54) is 6.92 Å². The van der Waals surface area contributed by atoms with Gasteiger partial charge in [-0.1, -0.05) is 0 Å². The van der Waals surface area contributed by atoms with Crippen LogP contribution in [0.1, 0.15) is 22.8 Å². The molecule has 0 radical (unpaired) electrons. The summed E-state index contributed by atoms with van der Waals surface area (Å²) in [5.74, 6) is -1.74. The molecule has 0 spiro atoms. The van der Waals surface area contributed by atoms with E-state index in [0.717, 1.165) is 0 Å². The van der Waals surface area contributed by atoms with Crippen LogP contribution in [-0.2, 0) is 4.79 Å². The number of aliphatic hydroxyl groups is 4. The van der Waals surface area contributed by atoms with Crippen LogP contribution >= 0.6 is 67.8 Å². The summed E-state index contributed by atoms with van der Waals surface area (Å²) in [4.78, 5) is 28.1. The van der Waals surface area contributed by atoms with E-state index in [1.807, 2.05) is 67.8 Å². The number of aliphatic imine (C=N–C) groups is 1. The van der Waals surface area contributed by atoms with Gasteiger partial charge in [-0.3, -0.25) is 14.6 Å². The van der Waals surface area contributed by atoms with Gasteiger partial charge in [-0.05, 0) is 73.7 Å². The minimum atomic E-state index is -1.20. The fourth-order valence-electron chi connectivity index (χ4n) is 2.03. The second-order valence-corrected chi connectivity index (χ2v) is 9.01. The third-order valence-electron chi connectivity index (χ3n) is 3.42. The van der Waals surface area contributed by atoms with Gasteiger partial charge in [0.15, 0.2) is 0 Å². The number of halogens is 3. The van der Waals surface area contributed by atoms with Gasteiger partial charge in [-0.2, -0.15) is 0 Å². The normalized spacial score (nSPS) is 13.7. The monoisotopic (exact) mass is 746 g/mol. The quantitative estimate of drug-likeness (QED) is 0.107. The first-order chi connectivity index (χ1) is 13.5. The molecule has 162 valence electrons. The number of carbonyl (C=O) groups excluding carboxylic acids is 2. The largest absolute Gasteiger partial charge is 0.858 e. The van der Waals surface area contributed by atoms with E-state index in [-0.39, 0.29) is 33.5 Å². The Morgan fingerprint density at radius 2 is 1.59 bits per heavy atom. The van der Waals surface area contributed by atoms with Gasteiger partial charge >= 0.3 is 0 Å². The van der Waals surface area contributed by atoms with Crippen LogP contribution < -0.4 is 15.7 Å². The van der Waals surface area contributed by atoms with Crippen molar-refractivity contribution in [1.29, 1.82) is 0 Å². The Kier molecular flexibility index (Phi) is 11.5. The topological polar surface area (TPSA) is 175 Å². The maximum absolute atomic E-state index is 12.7. The van der Waals surface area contributed by atoms with Crippen molar-refractivity contribution < 1.29 is 35.1 Å². The van der Waals surface area contributed by atoms with Crippen molar-refractivity contribution in [1.82, 2.24) is 5.32 Å². The summed E-state index contributed by atoms with van der Waals surface area (Å²) in [6, 6.07) is 0. The van der Waals surface area contributed by atoms with Crippen molar-refractivity contribution >= 4 is 91.2 Å². The molecular formula is C16H19I3N3O7-. The van der Waals surface area contributed by atoms with E-state index in [9.17, 15) is 24.9 Å². The van der Waals surface area contributed by atoms with Crippen LogP contribution in [0.15, 0.2) is 4.99 Å². The molecule has 13 heteroatoms. The van der Waals surface area contributed by atoms with Crippen LogP contribution in [0.2, 0.25) is 0 Å². The summed E-state index contributed by atoms with van der Waals surface area (Å²) >= 11 is 5.55. The van der Waals surface area contributed by atoms with Crippen molar-refractivity contribution in [3.05, 3.63) is 21.8 Å². The molecule has 2 atom stereocenters. The minimum absolute atomic E-state index is 0.0633. The van der Waals surface area contributed by atoms with Crippen molar-refractivity contribution in [3.63, 3.8) is 0 Å². The lowest BCUT2D eigenvalue weighted by Crippen LogP contribution is -2.35. The van der Waals surface area contributed by atoms with Crippen LogP contribution in [0, 0.1) is 10.7 Å². The summed E-state index contributed by atoms with van der Waals surface area (Å²) in [6.45, 7) is -0.346. The van der Waals surface area contributed by atoms with Gasteiger partial charge in [0.05, 0.1) is 46.8 Å². The first-order valence-corrected chi connectivity index (χ1v) is 11.3. The van der Waals surface area contributed by atoms with Crippen LogP contribution in [0.4, 0.5) is 5.69 Å². The maximum atomic E-state index is 12.7. The number of aliphatic hydroxyl groups excluding tert-OH is 4. The molecule has 0 aliphatic rings. The highest BCUT2D eigenvalue weighted by Crippen LogP contribution is 2.35. The molecule has 0 heterocycles. The molecule has 0 fully saturated rings. The predicted octanol–water partition coefficient (Wildman–Crippen LogP) is -0.998. The van der Waals surface area contributed by atoms with Gasteiger partial charge < -0.3 is 36.2 Å². The number of nitrogens with zero attached hydrogens (tertiary/aromatic N) is 1. The number of hydrogen-bond acceptors (Lipinski definition) is 8. The van der Waals surface area contributed by atoms with Gasteiger partial charge in [0.1, 0.15) is 0 Å². The Balaban J connectivity index is 3.55. The zero-order valence-electron chi connectivity index (χ0n) is 15.1. The number of carbonyl (C=O) groups is 2. The SMILES string of the molecule is CC(=O)Nc1c(I)c(C(=O)NCC(O)CO)c(I)c(C([O-])=NCC(O)CO)c1I. The number of benzene rings is 1. The zero-order valence-corrected chi connectivity index (χ0v) is 21.6. The van der Waals surface area contributed by atoms with Gasteiger partial charge in [0.2, 0.25) is 5.91 Å². The molecule has 1 aromatic carbocycles. The molecule has 2 unspecified atom stereocenters. The molecule has 10 nitrogen and oxygen atoms in total. The van der Waals surface area contributed by atoms with Crippen molar-refractivity contribution in [2.45, 2.75) is 19.1 Å². The Labute approximate surface area is 207 Å². The van der Waals surface area contributed by atoms with E-state index < -0.39 is 43.1 Å². The first-order valence-electron chi connectivity index (χ1n) is 8.10. The summed E-state index contributed by atoms with van der Waals surface area (Å²) in [7, 11) is 0. The standard InChI is InChI=1S/C16H20I3N3O7/c1-6(25)22-14-12(18)9(15(28)20-2-7(26)4-23)11(17)10(13(14)19)16(29)21-3-8(27)5-24/h7-8,23-24,26-27H,2-5H2,1H3,(H,20,28)(H,21,29)(H,22,25)/p-1. The molecule has 0 bridgehead atoms. The molecule has 1 rings (SSSR count). The summed E-state index contributed by atoms with van der Waals surface area (Å²) in [6.07, 6.45) is -2.35. The molecule has 0 aromatic heterocycles. The fourth-order valence-corrected chi connectivity index (χ4v) is 6.41. The van der Waals surface area contributed by atoms with Gasteiger partial charge in [-0.15, -0.1) is 0 Å². The second kappa shape index (κ2) is 12.5. The summed E-state index contributed by atoms with van der Waals surface area (Å²) in [5, 5.41) is 54.4. The summed E-state index contributed by atoms with van der Waals surface area (Å²) < 4.78 is 1.02. The van der Waals surface area contributed by atoms with Crippen molar-refractivity contribution in [2.24, 2.45) is 4.99 Å². The second-order valence-electron chi connectivity index (χ2n) is 5.78. The van der Waals surface area contributed by atoms with E-state index in [2.05, 4.69) is 15.6 Å². The van der Waals surface area contributed by atoms with E-state index in [1.54, 1.807) is 0 Å². The van der Waals surface area contributed by atoms with Crippen molar-refractivity contribution in [2.75, 3.05) is 31.6 Å². The smallest absolute Gasteiger partial charge is 0.253 e. The fraction of sp³-hybridized carbons (Fsp3) is 0.438. The molecule has 0 saturated carbocycles. The zero-order chi connectivity index (χ0) is 22.3. The Bertz CT molecular complexity index is 805. The Hall–Kier alpha value is -0.340. The number of hydrogen-bond donors (Lipinski definition) is 6. The maximum Gasteiger partial charge on any atom is 0.253 e. The molecule has 0 aliphatic carbocycles. The highest BCUT2D eigenvalue weighted by atomic mass is 127. The number of anilines is 1. The van der Waals surface area contributed by atoms with Gasteiger partial charge in [0, 0.05) is 26.2 Å². The molecule has 1 aromatic rings. The number of nitrogens with one attached hydrogen (secondary N) is 2. The van der Waals surface area contributed by atoms with Crippen LogP contribution in [-0.4, -0.2) is 76.6 Å². The molecular weight excluding hydrogens is 727 g/mol. The van der Waals surface area contributed by atoms with E-state index in [4.69, 9.17) is 10.2 Å². The molecule has 6 N–H and O–H groups in total. The number of amides is 2.